The van der Waals surface area contributed by atoms with E-state index in [-0.39, 0.29) is 0 Å². The molecule has 2 nitrogen and oxygen atoms in total. The van der Waals surface area contributed by atoms with E-state index in [9.17, 15) is 0 Å². The van der Waals surface area contributed by atoms with Gasteiger partial charge in [-0.05, 0) is 49.4 Å². The first-order valence-corrected chi connectivity index (χ1v) is 6.22. The van der Waals surface area contributed by atoms with Crippen molar-refractivity contribution in [3.8, 4) is 5.75 Å². The summed E-state index contributed by atoms with van der Waals surface area (Å²) in [6.07, 6.45) is 4.86. The lowest BCUT2D eigenvalue weighted by atomic mass is 10.1. The zero-order valence-electron chi connectivity index (χ0n) is 10.3. The molecule has 0 unspecified atom stereocenters. The third-order valence-corrected chi connectivity index (χ3v) is 3.16. The lowest BCUT2D eigenvalue weighted by molar-refractivity contribution is 0.409. The maximum absolute atomic E-state index is 5.39. The number of hydrogen-bond donors (Lipinski definition) is 1. The second-order valence-corrected chi connectivity index (χ2v) is 4.48. The van der Waals surface area contributed by atoms with Crippen molar-refractivity contribution in [2.75, 3.05) is 13.7 Å². The van der Waals surface area contributed by atoms with E-state index in [1.54, 1.807) is 7.11 Å². The third kappa shape index (κ3) is 2.99. The third-order valence-electron chi connectivity index (χ3n) is 3.16. The molecule has 1 aromatic carbocycles. The second kappa shape index (κ2) is 5.35. The van der Waals surface area contributed by atoms with Crippen LogP contribution in [0, 0.1) is 0 Å². The molecule has 1 aliphatic rings. The molecule has 1 fully saturated rings. The van der Waals surface area contributed by atoms with Crippen LogP contribution in [0.2, 0.25) is 0 Å². The number of rotatable bonds is 6. The average molecular weight is 219 g/mol. The standard InChI is InChI=1S/C14H21NO/c1-3-11-4-7-14(16-2)12(10-11)8-9-15-13-5-6-13/h4,7,10,13,15H,3,5-6,8-9H2,1-2H3. The first-order valence-electron chi connectivity index (χ1n) is 6.22. The van der Waals surface area contributed by atoms with E-state index in [4.69, 9.17) is 4.74 Å². The van der Waals surface area contributed by atoms with Gasteiger partial charge < -0.3 is 10.1 Å². The summed E-state index contributed by atoms with van der Waals surface area (Å²) in [5.41, 5.74) is 2.72. The molecule has 2 rings (SSSR count). The normalized spacial score (nSPS) is 15.1. The van der Waals surface area contributed by atoms with E-state index in [1.165, 1.54) is 24.0 Å². The molecule has 0 bridgehead atoms. The molecule has 0 heterocycles. The number of aryl methyl sites for hydroxylation is 1. The van der Waals surface area contributed by atoms with Crippen LogP contribution in [0.25, 0.3) is 0 Å². The van der Waals surface area contributed by atoms with Crippen molar-refractivity contribution >= 4 is 0 Å². The molecule has 2 heteroatoms. The largest absolute Gasteiger partial charge is 0.496 e. The van der Waals surface area contributed by atoms with Crippen LogP contribution in [-0.2, 0) is 12.8 Å². The molecule has 0 atom stereocenters. The Kier molecular flexibility index (Phi) is 3.83. The minimum absolute atomic E-state index is 0.792. The highest BCUT2D eigenvalue weighted by Crippen LogP contribution is 2.22. The van der Waals surface area contributed by atoms with Crippen LogP contribution < -0.4 is 10.1 Å². The molecule has 0 amide bonds. The predicted molar refractivity (Wildman–Crippen MR) is 67.1 cm³/mol. The number of ether oxygens (including phenoxy) is 1. The number of benzene rings is 1. The molecule has 1 aromatic rings. The fraction of sp³-hybridized carbons (Fsp3) is 0.571. The number of methoxy groups -OCH3 is 1. The van der Waals surface area contributed by atoms with Crippen molar-refractivity contribution in [2.45, 2.75) is 38.6 Å². The maximum atomic E-state index is 5.39. The molecule has 16 heavy (non-hydrogen) atoms. The van der Waals surface area contributed by atoms with Gasteiger partial charge in [0.25, 0.3) is 0 Å². The lowest BCUT2D eigenvalue weighted by Crippen LogP contribution is -2.19. The highest BCUT2D eigenvalue weighted by Gasteiger charge is 2.19. The monoisotopic (exact) mass is 219 g/mol. The molecule has 0 aromatic heterocycles. The highest BCUT2D eigenvalue weighted by molar-refractivity contribution is 5.37. The Labute approximate surface area is 98.0 Å². The molecule has 0 radical (unpaired) electrons. The van der Waals surface area contributed by atoms with Gasteiger partial charge in [0.15, 0.2) is 0 Å². The van der Waals surface area contributed by atoms with E-state index in [0.29, 0.717) is 0 Å². The molecular weight excluding hydrogens is 198 g/mol. The molecule has 0 spiro atoms. The Morgan fingerprint density at radius 2 is 2.19 bits per heavy atom. The van der Waals surface area contributed by atoms with Crippen LogP contribution in [0.5, 0.6) is 5.75 Å². The van der Waals surface area contributed by atoms with Crippen LogP contribution in [0.15, 0.2) is 18.2 Å². The quantitative estimate of drug-likeness (QED) is 0.794. The minimum atomic E-state index is 0.792. The molecule has 1 aliphatic carbocycles. The summed E-state index contributed by atoms with van der Waals surface area (Å²) < 4.78 is 5.39. The number of nitrogens with one attached hydrogen (secondary N) is 1. The van der Waals surface area contributed by atoms with Gasteiger partial charge in [-0.15, -0.1) is 0 Å². The summed E-state index contributed by atoms with van der Waals surface area (Å²) in [6.45, 7) is 3.25. The lowest BCUT2D eigenvalue weighted by Gasteiger charge is -2.10. The topological polar surface area (TPSA) is 21.3 Å². The van der Waals surface area contributed by atoms with Crippen molar-refractivity contribution in [1.29, 1.82) is 0 Å². The molecule has 1 saturated carbocycles. The van der Waals surface area contributed by atoms with Gasteiger partial charge in [-0.25, -0.2) is 0 Å². The van der Waals surface area contributed by atoms with Crippen molar-refractivity contribution in [1.82, 2.24) is 5.32 Å². The van der Waals surface area contributed by atoms with Crippen LogP contribution in [-0.4, -0.2) is 19.7 Å². The van der Waals surface area contributed by atoms with E-state index < -0.39 is 0 Å². The van der Waals surface area contributed by atoms with Gasteiger partial charge in [-0.3, -0.25) is 0 Å². The first kappa shape index (κ1) is 11.5. The zero-order valence-corrected chi connectivity index (χ0v) is 10.3. The van der Waals surface area contributed by atoms with E-state index >= 15 is 0 Å². The molecular formula is C14H21NO. The molecule has 0 saturated heterocycles. The Morgan fingerprint density at radius 3 is 2.81 bits per heavy atom. The average Bonchev–Trinajstić information content (AvgIpc) is 3.13. The Bertz CT molecular complexity index is 345. The summed E-state index contributed by atoms with van der Waals surface area (Å²) in [5, 5.41) is 3.54. The SMILES string of the molecule is CCc1ccc(OC)c(CCNC2CC2)c1. The fourth-order valence-electron chi connectivity index (χ4n) is 1.95. The van der Waals surface area contributed by atoms with Gasteiger partial charge in [-0.2, -0.15) is 0 Å². The number of hydrogen-bond acceptors (Lipinski definition) is 2. The molecule has 1 N–H and O–H groups in total. The van der Waals surface area contributed by atoms with Gasteiger partial charge in [-0.1, -0.05) is 19.1 Å². The smallest absolute Gasteiger partial charge is 0.122 e. The van der Waals surface area contributed by atoms with Gasteiger partial charge >= 0.3 is 0 Å². The van der Waals surface area contributed by atoms with Gasteiger partial charge in [0.05, 0.1) is 7.11 Å². The highest BCUT2D eigenvalue weighted by atomic mass is 16.5. The van der Waals surface area contributed by atoms with Gasteiger partial charge in [0, 0.05) is 6.04 Å². The summed E-state index contributed by atoms with van der Waals surface area (Å²) in [7, 11) is 1.75. The second-order valence-electron chi connectivity index (χ2n) is 4.48. The van der Waals surface area contributed by atoms with Crippen LogP contribution in [0.3, 0.4) is 0 Å². The Hall–Kier alpha value is -1.02. The van der Waals surface area contributed by atoms with Crippen LogP contribution in [0.1, 0.15) is 30.9 Å². The van der Waals surface area contributed by atoms with Crippen molar-refractivity contribution in [2.24, 2.45) is 0 Å². The van der Waals surface area contributed by atoms with Crippen LogP contribution >= 0.6 is 0 Å². The first-order chi connectivity index (χ1) is 7.83. The summed E-state index contributed by atoms with van der Waals surface area (Å²) in [6, 6.07) is 7.30. The predicted octanol–water partition coefficient (Wildman–Crippen LogP) is 2.55. The maximum Gasteiger partial charge on any atom is 0.122 e. The Morgan fingerprint density at radius 1 is 1.38 bits per heavy atom. The van der Waals surface area contributed by atoms with Crippen LogP contribution in [0.4, 0.5) is 0 Å². The zero-order chi connectivity index (χ0) is 11.4. The fourth-order valence-corrected chi connectivity index (χ4v) is 1.95. The summed E-state index contributed by atoms with van der Waals surface area (Å²) >= 11 is 0. The van der Waals surface area contributed by atoms with Crippen molar-refractivity contribution in [3.63, 3.8) is 0 Å². The van der Waals surface area contributed by atoms with E-state index in [0.717, 1.165) is 31.2 Å². The van der Waals surface area contributed by atoms with Crippen molar-refractivity contribution < 1.29 is 4.74 Å². The summed E-state index contributed by atoms with van der Waals surface area (Å²) in [4.78, 5) is 0. The van der Waals surface area contributed by atoms with Crippen molar-refractivity contribution in [3.05, 3.63) is 29.3 Å². The van der Waals surface area contributed by atoms with E-state index in [1.807, 2.05) is 0 Å². The van der Waals surface area contributed by atoms with Gasteiger partial charge in [0.2, 0.25) is 0 Å². The molecule has 0 aliphatic heterocycles. The minimum Gasteiger partial charge on any atom is -0.496 e. The van der Waals surface area contributed by atoms with Gasteiger partial charge in [0.1, 0.15) is 5.75 Å². The summed E-state index contributed by atoms with van der Waals surface area (Å²) in [5.74, 6) is 1.02. The molecule has 88 valence electrons. The van der Waals surface area contributed by atoms with E-state index in [2.05, 4.69) is 30.4 Å². The Balaban J connectivity index is 1.97.